The smallest absolute Gasteiger partial charge is 0.0410 e. The fourth-order valence-electron chi connectivity index (χ4n) is 2.68. The highest BCUT2D eigenvalue weighted by atomic mass is 79.9. The molecule has 2 rings (SSSR count). The molecule has 2 nitrogen and oxygen atoms in total. The number of pyridine rings is 1. The molecule has 1 aromatic rings. The maximum atomic E-state index is 4.25. The van der Waals surface area contributed by atoms with Gasteiger partial charge in [0, 0.05) is 29.5 Å². The van der Waals surface area contributed by atoms with Gasteiger partial charge in [-0.25, -0.2) is 0 Å². The number of nitrogens with zero attached hydrogens (tertiary/aromatic N) is 2. The van der Waals surface area contributed by atoms with Gasteiger partial charge in [0.05, 0.1) is 0 Å². The van der Waals surface area contributed by atoms with Gasteiger partial charge in [-0.05, 0) is 53.4 Å². The zero-order valence-electron chi connectivity index (χ0n) is 10.5. The minimum atomic E-state index is 0.761. The van der Waals surface area contributed by atoms with Crippen LogP contribution in [0.5, 0.6) is 0 Å². The van der Waals surface area contributed by atoms with E-state index in [-0.39, 0.29) is 0 Å². The summed E-state index contributed by atoms with van der Waals surface area (Å²) in [5.74, 6) is 0. The molecule has 1 atom stereocenters. The van der Waals surface area contributed by atoms with Crippen LogP contribution in [0.3, 0.4) is 0 Å². The minimum absolute atomic E-state index is 0.761. The maximum Gasteiger partial charge on any atom is 0.0410 e. The second-order valence-corrected chi connectivity index (χ2v) is 5.81. The van der Waals surface area contributed by atoms with Gasteiger partial charge in [0.1, 0.15) is 0 Å². The highest BCUT2D eigenvalue weighted by Crippen LogP contribution is 2.21. The normalized spacial score (nSPS) is 22.4. The van der Waals surface area contributed by atoms with Crippen LogP contribution in [-0.2, 0) is 6.54 Å². The second kappa shape index (κ2) is 6.50. The first-order chi connectivity index (χ1) is 8.29. The molecule has 2 heterocycles. The highest BCUT2D eigenvalue weighted by molar-refractivity contribution is 9.10. The fourth-order valence-corrected chi connectivity index (χ4v) is 3.10. The van der Waals surface area contributed by atoms with Crippen LogP contribution >= 0.6 is 15.9 Å². The monoisotopic (exact) mass is 296 g/mol. The molecule has 94 valence electrons. The molecule has 0 aliphatic carbocycles. The van der Waals surface area contributed by atoms with Crippen molar-refractivity contribution in [3.63, 3.8) is 0 Å². The predicted octanol–water partition coefficient (Wildman–Crippen LogP) is 4.00. The zero-order valence-corrected chi connectivity index (χ0v) is 12.1. The first-order valence-electron chi connectivity index (χ1n) is 6.63. The summed E-state index contributed by atoms with van der Waals surface area (Å²) in [6.45, 7) is 4.60. The van der Waals surface area contributed by atoms with Crippen LogP contribution in [0.2, 0.25) is 0 Å². The van der Waals surface area contributed by atoms with E-state index in [9.17, 15) is 0 Å². The van der Waals surface area contributed by atoms with Crippen LogP contribution in [-0.4, -0.2) is 22.5 Å². The van der Waals surface area contributed by atoms with E-state index in [4.69, 9.17) is 0 Å². The summed E-state index contributed by atoms with van der Waals surface area (Å²) in [6.07, 6.45) is 10.6. The SMILES string of the molecule is CCC1CCCCCN1Cc1cncc(Br)c1. The van der Waals surface area contributed by atoms with Crippen LogP contribution < -0.4 is 0 Å². The molecule has 0 N–H and O–H groups in total. The summed E-state index contributed by atoms with van der Waals surface area (Å²) >= 11 is 3.49. The molecule has 1 aliphatic heterocycles. The molecule has 0 amide bonds. The first kappa shape index (κ1) is 13.0. The number of rotatable bonds is 3. The Labute approximate surface area is 113 Å². The molecule has 0 saturated carbocycles. The Kier molecular flexibility index (Phi) is 4.99. The Bertz CT molecular complexity index is 354. The van der Waals surface area contributed by atoms with Gasteiger partial charge >= 0.3 is 0 Å². The lowest BCUT2D eigenvalue weighted by atomic mass is 10.1. The zero-order chi connectivity index (χ0) is 12.1. The highest BCUT2D eigenvalue weighted by Gasteiger charge is 2.19. The van der Waals surface area contributed by atoms with Gasteiger partial charge in [-0.1, -0.05) is 19.8 Å². The Morgan fingerprint density at radius 2 is 2.24 bits per heavy atom. The summed E-state index contributed by atoms with van der Waals surface area (Å²) < 4.78 is 1.08. The van der Waals surface area contributed by atoms with Crippen LogP contribution in [0.1, 0.15) is 44.6 Å². The van der Waals surface area contributed by atoms with Gasteiger partial charge in [0.2, 0.25) is 0 Å². The second-order valence-electron chi connectivity index (χ2n) is 4.89. The van der Waals surface area contributed by atoms with Crippen molar-refractivity contribution in [2.45, 2.75) is 51.6 Å². The Hall–Kier alpha value is -0.410. The quantitative estimate of drug-likeness (QED) is 0.838. The molecule has 0 radical (unpaired) electrons. The Morgan fingerprint density at radius 1 is 1.35 bits per heavy atom. The van der Waals surface area contributed by atoms with Crippen LogP contribution in [0.15, 0.2) is 22.9 Å². The average Bonchev–Trinajstić information content (AvgIpc) is 2.54. The van der Waals surface area contributed by atoms with Crippen molar-refractivity contribution in [2.75, 3.05) is 6.54 Å². The molecule has 1 fully saturated rings. The molecule has 0 spiro atoms. The first-order valence-corrected chi connectivity index (χ1v) is 7.42. The third kappa shape index (κ3) is 3.78. The molecular weight excluding hydrogens is 276 g/mol. The molecule has 0 bridgehead atoms. The molecule has 1 aliphatic rings. The molecule has 3 heteroatoms. The largest absolute Gasteiger partial charge is 0.296 e. The van der Waals surface area contributed by atoms with E-state index in [1.54, 1.807) is 0 Å². The van der Waals surface area contributed by atoms with Crippen molar-refractivity contribution >= 4 is 15.9 Å². The number of aromatic nitrogens is 1. The van der Waals surface area contributed by atoms with Gasteiger partial charge in [-0.2, -0.15) is 0 Å². The van der Waals surface area contributed by atoms with Crippen molar-refractivity contribution in [1.29, 1.82) is 0 Å². The molecular formula is C14H21BrN2. The Morgan fingerprint density at radius 3 is 3.00 bits per heavy atom. The van der Waals surface area contributed by atoms with E-state index < -0.39 is 0 Å². The van der Waals surface area contributed by atoms with Crippen molar-refractivity contribution in [1.82, 2.24) is 9.88 Å². The van der Waals surface area contributed by atoms with Gasteiger partial charge in [0.25, 0.3) is 0 Å². The minimum Gasteiger partial charge on any atom is -0.296 e. The molecule has 17 heavy (non-hydrogen) atoms. The topological polar surface area (TPSA) is 16.1 Å². The van der Waals surface area contributed by atoms with Crippen molar-refractivity contribution < 1.29 is 0 Å². The van der Waals surface area contributed by atoms with Crippen molar-refractivity contribution in [3.05, 3.63) is 28.5 Å². The van der Waals surface area contributed by atoms with E-state index in [1.807, 2.05) is 12.4 Å². The number of hydrogen-bond acceptors (Lipinski definition) is 2. The van der Waals surface area contributed by atoms with E-state index in [0.29, 0.717) is 0 Å². The Balaban J connectivity index is 2.04. The predicted molar refractivity (Wildman–Crippen MR) is 74.9 cm³/mol. The van der Waals surface area contributed by atoms with E-state index in [0.717, 1.165) is 17.1 Å². The van der Waals surface area contributed by atoms with Crippen LogP contribution in [0.4, 0.5) is 0 Å². The lowest BCUT2D eigenvalue weighted by Crippen LogP contribution is -2.33. The van der Waals surface area contributed by atoms with Crippen LogP contribution in [0.25, 0.3) is 0 Å². The summed E-state index contributed by atoms with van der Waals surface area (Å²) in [4.78, 5) is 6.89. The van der Waals surface area contributed by atoms with Crippen LogP contribution in [0, 0.1) is 0 Å². The van der Waals surface area contributed by atoms with Gasteiger partial charge < -0.3 is 0 Å². The summed E-state index contributed by atoms with van der Waals surface area (Å²) in [5, 5.41) is 0. The standard InChI is InChI=1S/C14H21BrN2/c1-2-14-6-4-3-5-7-17(14)11-12-8-13(15)10-16-9-12/h8-10,14H,2-7,11H2,1H3. The number of likely N-dealkylation sites (tertiary alicyclic amines) is 1. The average molecular weight is 297 g/mol. The van der Waals surface area contributed by atoms with Crippen molar-refractivity contribution in [2.24, 2.45) is 0 Å². The third-order valence-corrected chi connectivity index (χ3v) is 4.05. The maximum absolute atomic E-state index is 4.25. The number of hydrogen-bond donors (Lipinski definition) is 0. The summed E-state index contributed by atoms with van der Waals surface area (Å²) in [6, 6.07) is 2.95. The lowest BCUT2D eigenvalue weighted by Gasteiger charge is -2.29. The summed E-state index contributed by atoms with van der Waals surface area (Å²) in [7, 11) is 0. The molecule has 1 aromatic heterocycles. The van der Waals surface area contributed by atoms with Gasteiger partial charge in [-0.15, -0.1) is 0 Å². The lowest BCUT2D eigenvalue weighted by molar-refractivity contribution is 0.186. The third-order valence-electron chi connectivity index (χ3n) is 3.62. The van der Waals surface area contributed by atoms with Crippen molar-refractivity contribution in [3.8, 4) is 0 Å². The summed E-state index contributed by atoms with van der Waals surface area (Å²) in [5.41, 5.74) is 1.32. The molecule has 1 saturated heterocycles. The fraction of sp³-hybridized carbons (Fsp3) is 0.643. The molecule has 0 aromatic carbocycles. The van der Waals surface area contributed by atoms with Gasteiger partial charge in [-0.3, -0.25) is 9.88 Å². The van der Waals surface area contributed by atoms with E-state index >= 15 is 0 Å². The van der Waals surface area contributed by atoms with Gasteiger partial charge in [0.15, 0.2) is 0 Å². The van der Waals surface area contributed by atoms with E-state index in [2.05, 4.69) is 38.8 Å². The number of halogens is 1. The molecule has 1 unspecified atom stereocenters. The van der Waals surface area contributed by atoms with E-state index in [1.165, 1.54) is 44.2 Å².